The van der Waals surface area contributed by atoms with Gasteiger partial charge < -0.3 is 9.47 Å². The molecule has 1 atom stereocenters. The van der Waals surface area contributed by atoms with E-state index in [2.05, 4.69) is 48.5 Å². The van der Waals surface area contributed by atoms with Crippen LogP contribution in [0.2, 0.25) is 0 Å². The van der Waals surface area contributed by atoms with Gasteiger partial charge in [0, 0.05) is 24.7 Å². The minimum absolute atomic E-state index is 0.00815. The molecule has 0 saturated carbocycles. The van der Waals surface area contributed by atoms with Crippen LogP contribution in [-0.2, 0) is 19.1 Å². The van der Waals surface area contributed by atoms with Gasteiger partial charge in [0.2, 0.25) is 0 Å². The maximum Gasteiger partial charge on any atom is 0.254 e. The molecule has 0 aromatic rings. The van der Waals surface area contributed by atoms with Gasteiger partial charge in [-0.05, 0) is 60.3 Å². The highest BCUT2D eigenvalue weighted by Gasteiger charge is 2.43. The van der Waals surface area contributed by atoms with Crippen molar-refractivity contribution in [2.24, 2.45) is 11.3 Å². The molecule has 1 aliphatic heterocycles. The van der Waals surface area contributed by atoms with Crippen molar-refractivity contribution in [1.82, 2.24) is 4.90 Å². The number of carbonyl (C=O) groups excluding carboxylic acids is 2. The lowest BCUT2D eigenvalue weighted by Crippen LogP contribution is -2.54. The van der Waals surface area contributed by atoms with Crippen molar-refractivity contribution >= 4 is 11.8 Å². The van der Waals surface area contributed by atoms with E-state index in [1.165, 1.54) is 17.1 Å². The number of hydrogen-bond donors (Lipinski definition) is 0. The van der Waals surface area contributed by atoms with Crippen molar-refractivity contribution < 1.29 is 19.1 Å². The molecule has 27 heavy (non-hydrogen) atoms. The minimum Gasteiger partial charge on any atom is -0.376 e. The Morgan fingerprint density at radius 2 is 1.37 bits per heavy atom. The molecule has 0 N–H and O–H groups in total. The first-order chi connectivity index (χ1) is 12.0. The summed E-state index contributed by atoms with van der Waals surface area (Å²) in [6, 6.07) is 0. The fourth-order valence-electron chi connectivity index (χ4n) is 2.83. The van der Waals surface area contributed by atoms with E-state index < -0.39 is 5.54 Å². The average molecular weight is 382 g/mol. The van der Waals surface area contributed by atoms with Crippen LogP contribution >= 0.6 is 0 Å². The topological polar surface area (TPSA) is 55.8 Å². The van der Waals surface area contributed by atoms with Crippen molar-refractivity contribution in [1.29, 1.82) is 0 Å². The third-order valence-electron chi connectivity index (χ3n) is 6.18. The summed E-state index contributed by atoms with van der Waals surface area (Å²) >= 11 is 0. The van der Waals surface area contributed by atoms with Crippen molar-refractivity contribution in [3.8, 4) is 0 Å². The maximum atomic E-state index is 12.1. The smallest absolute Gasteiger partial charge is 0.254 e. The lowest BCUT2D eigenvalue weighted by atomic mass is 9.74. The van der Waals surface area contributed by atoms with Crippen LogP contribution in [0.15, 0.2) is 12.2 Å². The molecular formula is C22H39NO4. The zero-order chi connectivity index (χ0) is 21.3. The second kappa shape index (κ2) is 8.04. The summed E-state index contributed by atoms with van der Waals surface area (Å²) in [5, 5.41) is 0. The van der Waals surface area contributed by atoms with Crippen molar-refractivity contribution in [2.75, 3.05) is 13.2 Å². The van der Waals surface area contributed by atoms with Crippen LogP contribution in [0.1, 0.15) is 75.7 Å². The van der Waals surface area contributed by atoms with Gasteiger partial charge in [-0.2, -0.15) is 0 Å². The summed E-state index contributed by atoms with van der Waals surface area (Å²) in [5.74, 6) is -0.516. The molecular weight excluding hydrogens is 342 g/mol. The highest BCUT2D eigenvalue weighted by molar-refractivity contribution is 6.13. The van der Waals surface area contributed by atoms with E-state index in [0.29, 0.717) is 13.2 Å². The van der Waals surface area contributed by atoms with Gasteiger partial charge in [0.1, 0.15) is 0 Å². The van der Waals surface area contributed by atoms with E-state index >= 15 is 0 Å². The Morgan fingerprint density at radius 1 is 0.889 bits per heavy atom. The number of amides is 2. The lowest BCUT2D eigenvalue weighted by Gasteiger charge is -2.45. The van der Waals surface area contributed by atoms with Crippen LogP contribution < -0.4 is 0 Å². The van der Waals surface area contributed by atoms with Crippen LogP contribution in [0.4, 0.5) is 0 Å². The lowest BCUT2D eigenvalue weighted by molar-refractivity contribution is -0.152. The van der Waals surface area contributed by atoms with Gasteiger partial charge in [0.25, 0.3) is 11.8 Å². The molecule has 0 aromatic heterocycles. The first kappa shape index (κ1) is 23.8. The molecule has 0 bridgehead atoms. The fraction of sp³-hybridized carbons (Fsp3) is 0.818. The molecule has 0 aliphatic carbocycles. The Kier molecular flexibility index (Phi) is 7.10. The zero-order valence-electron chi connectivity index (χ0n) is 18.9. The molecule has 0 fully saturated rings. The molecule has 1 rings (SSSR count). The van der Waals surface area contributed by atoms with Crippen molar-refractivity contribution in [2.45, 2.75) is 92.4 Å². The molecule has 5 heteroatoms. The number of nitrogens with zero attached hydrogens (tertiary/aromatic N) is 1. The molecule has 2 amide bonds. The second-order valence-corrected chi connectivity index (χ2v) is 10.3. The van der Waals surface area contributed by atoms with Gasteiger partial charge in [0.05, 0.1) is 23.3 Å². The number of carbonyl (C=O) groups is 2. The molecule has 156 valence electrons. The summed E-state index contributed by atoms with van der Waals surface area (Å²) in [6.45, 7) is 21.7. The average Bonchev–Trinajstić information content (AvgIpc) is 2.82. The molecule has 5 nitrogen and oxygen atoms in total. The van der Waals surface area contributed by atoms with E-state index in [1.54, 1.807) is 0 Å². The predicted molar refractivity (Wildman–Crippen MR) is 108 cm³/mol. The molecule has 1 unspecified atom stereocenters. The summed E-state index contributed by atoms with van der Waals surface area (Å²) in [7, 11) is 0. The second-order valence-electron chi connectivity index (χ2n) is 10.3. The molecule has 0 saturated heterocycles. The number of imide groups is 1. The van der Waals surface area contributed by atoms with Crippen LogP contribution in [0.25, 0.3) is 0 Å². The third kappa shape index (κ3) is 5.89. The van der Waals surface area contributed by atoms with E-state index in [0.717, 1.165) is 6.42 Å². The van der Waals surface area contributed by atoms with E-state index in [9.17, 15) is 9.59 Å². The fourth-order valence-corrected chi connectivity index (χ4v) is 2.83. The quantitative estimate of drug-likeness (QED) is 0.557. The molecule has 1 heterocycles. The summed E-state index contributed by atoms with van der Waals surface area (Å²) in [6.07, 6.45) is 3.54. The number of rotatable bonds is 9. The van der Waals surface area contributed by atoms with E-state index in [-0.39, 0.29) is 34.3 Å². The van der Waals surface area contributed by atoms with Crippen LogP contribution in [0.3, 0.4) is 0 Å². The SMILES string of the molecule is CC(COC(C)(C)C(C)(C)CCOC(C)(C)C)C(C)(C)N1C(=O)C=CC1=O. The molecule has 1 aliphatic rings. The van der Waals surface area contributed by atoms with Gasteiger partial charge >= 0.3 is 0 Å². The molecule has 0 radical (unpaired) electrons. The first-order valence-corrected chi connectivity index (χ1v) is 9.85. The summed E-state index contributed by atoms with van der Waals surface area (Å²) < 4.78 is 12.2. The van der Waals surface area contributed by atoms with Crippen LogP contribution in [-0.4, -0.2) is 46.7 Å². The highest BCUT2D eigenvalue weighted by Crippen LogP contribution is 2.38. The summed E-state index contributed by atoms with van der Waals surface area (Å²) in [5.41, 5.74) is -1.24. The third-order valence-corrected chi connectivity index (χ3v) is 6.18. The number of ether oxygens (including phenoxy) is 2. The predicted octanol–water partition coefficient (Wildman–Crippen LogP) is 4.35. The van der Waals surface area contributed by atoms with E-state index in [4.69, 9.17) is 9.47 Å². The summed E-state index contributed by atoms with van der Waals surface area (Å²) in [4.78, 5) is 25.4. The Labute approximate surface area is 165 Å². The van der Waals surface area contributed by atoms with Crippen LogP contribution in [0, 0.1) is 11.3 Å². The van der Waals surface area contributed by atoms with Gasteiger partial charge in [-0.25, -0.2) is 0 Å². The Hall–Kier alpha value is -1.20. The Balaban J connectivity index is 2.70. The maximum absolute atomic E-state index is 12.1. The van der Waals surface area contributed by atoms with E-state index in [1.807, 2.05) is 20.8 Å². The first-order valence-electron chi connectivity index (χ1n) is 9.85. The Bertz CT molecular complexity index is 564. The largest absolute Gasteiger partial charge is 0.376 e. The van der Waals surface area contributed by atoms with Crippen molar-refractivity contribution in [3.05, 3.63) is 12.2 Å². The number of hydrogen-bond acceptors (Lipinski definition) is 4. The van der Waals surface area contributed by atoms with Gasteiger partial charge in [-0.1, -0.05) is 20.8 Å². The van der Waals surface area contributed by atoms with Gasteiger partial charge in [-0.15, -0.1) is 0 Å². The minimum atomic E-state index is -0.618. The van der Waals surface area contributed by atoms with Gasteiger partial charge in [0.15, 0.2) is 0 Å². The van der Waals surface area contributed by atoms with Crippen molar-refractivity contribution in [3.63, 3.8) is 0 Å². The molecule has 0 spiro atoms. The zero-order valence-corrected chi connectivity index (χ0v) is 18.9. The highest BCUT2D eigenvalue weighted by atomic mass is 16.5. The molecule has 0 aromatic carbocycles. The monoisotopic (exact) mass is 381 g/mol. The normalized spacial score (nSPS) is 17.8. The van der Waals surface area contributed by atoms with Crippen LogP contribution in [0.5, 0.6) is 0 Å². The Morgan fingerprint density at radius 3 is 1.81 bits per heavy atom. The van der Waals surface area contributed by atoms with Gasteiger partial charge in [-0.3, -0.25) is 14.5 Å². The standard InChI is InChI=1S/C22H39NO4/c1-16(21(7,8)23-17(24)11-12-18(23)25)15-27-22(9,10)20(5,6)13-14-26-19(2,3)4/h11-12,16H,13-15H2,1-10H3.